The summed E-state index contributed by atoms with van der Waals surface area (Å²) < 4.78 is 18.4. The molecule has 0 saturated carbocycles. The topological polar surface area (TPSA) is 55.5 Å². The Morgan fingerprint density at radius 2 is 2.40 bits per heavy atom. The van der Waals surface area contributed by atoms with Gasteiger partial charge in [-0.3, -0.25) is 0 Å². The van der Waals surface area contributed by atoms with E-state index in [9.17, 15) is 9.50 Å². The van der Waals surface area contributed by atoms with Crippen molar-refractivity contribution in [3.8, 4) is 5.75 Å². The van der Waals surface area contributed by atoms with Crippen molar-refractivity contribution in [1.82, 2.24) is 0 Å². The van der Waals surface area contributed by atoms with E-state index in [1.165, 1.54) is 12.1 Å². The molecular formula is C11H14FNO2. The number of fused-ring (bicyclic) bond motifs is 1. The molecule has 82 valence electrons. The van der Waals surface area contributed by atoms with Crippen molar-refractivity contribution < 1.29 is 14.2 Å². The molecule has 1 aliphatic heterocycles. The number of halogens is 1. The molecule has 0 aliphatic carbocycles. The minimum Gasteiger partial charge on any atom is -0.487 e. The molecule has 4 heteroatoms. The van der Waals surface area contributed by atoms with Crippen LogP contribution in [0.3, 0.4) is 0 Å². The second-order valence-corrected chi connectivity index (χ2v) is 3.75. The average Bonchev–Trinajstić information content (AvgIpc) is 2.27. The molecule has 2 rings (SSSR count). The predicted molar refractivity (Wildman–Crippen MR) is 54.2 cm³/mol. The summed E-state index contributed by atoms with van der Waals surface area (Å²) >= 11 is 0. The molecule has 1 aliphatic rings. The normalized spacial score (nSPS) is 21.7. The van der Waals surface area contributed by atoms with Gasteiger partial charge in [0.25, 0.3) is 0 Å². The lowest BCUT2D eigenvalue weighted by Crippen LogP contribution is -2.39. The smallest absolute Gasteiger partial charge is 0.126 e. The van der Waals surface area contributed by atoms with E-state index in [0.29, 0.717) is 12.2 Å². The summed E-state index contributed by atoms with van der Waals surface area (Å²) in [7, 11) is 0. The molecule has 0 saturated heterocycles. The number of hydrogen-bond donors (Lipinski definition) is 2. The Hall–Kier alpha value is -1.13. The van der Waals surface area contributed by atoms with Crippen LogP contribution in [0.25, 0.3) is 0 Å². The van der Waals surface area contributed by atoms with E-state index >= 15 is 0 Å². The predicted octanol–water partition coefficient (Wildman–Crippen LogP) is 0.839. The molecule has 0 bridgehead atoms. The maximum absolute atomic E-state index is 12.9. The lowest BCUT2D eigenvalue weighted by molar-refractivity contribution is 0.0296. The number of nitrogens with two attached hydrogens (primary N) is 1. The fraction of sp³-hybridized carbons (Fsp3) is 0.455. The molecule has 1 heterocycles. The highest BCUT2D eigenvalue weighted by atomic mass is 19.1. The van der Waals surface area contributed by atoms with Crippen molar-refractivity contribution >= 4 is 0 Å². The summed E-state index contributed by atoms with van der Waals surface area (Å²) in [5.74, 6) is 0.398. The molecular weight excluding hydrogens is 197 g/mol. The summed E-state index contributed by atoms with van der Waals surface area (Å²) in [6.45, 7) is 0.182. The third-order valence-corrected chi connectivity index (χ3v) is 2.67. The van der Waals surface area contributed by atoms with Gasteiger partial charge in [0, 0.05) is 6.54 Å². The van der Waals surface area contributed by atoms with Gasteiger partial charge in [0.1, 0.15) is 23.8 Å². The van der Waals surface area contributed by atoms with E-state index in [0.717, 1.165) is 12.0 Å². The Labute approximate surface area is 87.7 Å². The summed E-state index contributed by atoms with van der Waals surface area (Å²) in [4.78, 5) is 0. The number of aliphatic hydroxyl groups excluding tert-OH is 1. The second kappa shape index (κ2) is 4.16. The Morgan fingerprint density at radius 1 is 1.60 bits per heavy atom. The maximum atomic E-state index is 12.9. The van der Waals surface area contributed by atoms with Crippen LogP contribution in [0, 0.1) is 5.82 Å². The molecule has 1 aromatic carbocycles. The van der Waals surface area contributed by atoms with Gasteiger partial charge in [-0.2, -0.15) is 0 Å². The number of ether oxygens (including phenoxy) is 1. The molecule has 0 unspecified atom stereocenters. The lowest BCUT2D eigenvalue weighted by atomic mass is 9.99. The third kappa shape index (κ3) is 2.11. The highest BCUT2D eigenvalue weighted by Gasteiger charge is 2.25. The number of aliphatic hydroxyl groups is 1. The number of benzene rings is 1. The van der Waals surface area contributed by atoms with Crippen molar-refractivity contribution in [3.05, 3.63) is 29.6 Å². The van der Waals surface area contributed by atoms with Crippen molar-refractivity contribution in [2.75, 3.05) is 6.54 Å². The second-order valence-electron chi connectivity index (χ2n) is 3.75. The first-order valence-electron chi connectivity index (χ1n) is 5.04. The van der Waals surface area contributed by atoms with Crippen molar-refractivity contribution in [2.24, 2.45) is 5.73 Å². The number of aryl methyl sites for hydroxylation is 1. The van der Waals surface area contributed by atoms with Crippen LogP contribution >= 0.6 is 0 Å². The minimum atomic E-state index is -0.650. The molecule has 1 aromatic rings. The molecule has 0 fully saturated rings. The molecule has 3 N–H and O–H groups in total. The summed E-state index contributed by atoms with van der Waals surface area (Å²) in [5, 5.41) is 9.54. The highest BCUT2D eigenvalue weighted by molar-refractivity contribution is 5.35. The van der Waals surface area contributed by atoms with E-state index in [-0.39, 0.29) is 18.5 Å². The quantitative estimate of drug-likeness (QED) is 0.762. The van der Waals surface area contributed by atoms with Gasteiger partial charge in [0.05, 0.1) is 0 Å². The zero-order valence-corrected chi connectivity index (χ0v) is 8.32. The Bertz CT molecular complexity index is 356. The third-order valence-electron chi connectivity index (χ3n) is 2.67. The lowest BCUT2D eigenvalue weighted by Gasteiger charge is -2.28. The van der Waals surface area contributed by atoms with Crippen LogP contribution < -0.4 is 10.5 Å². The molecule has 0 amide bonds. The zero-order chi connectivity index (χ0) is 10.8. The molecule has 0 spiro atoms. The summed E-state index contributed by atoms with van der Waals surface area (Å²) in [5.41, 5.74) is 6.21. The average molecular weight is 211 g/mol. The van der Waals surface area contributed by atoms with Crippen LogP contribution in [0.15, 0.2) is 18.2 Å². The van der Waals surface area contributed by atoms with E-state index in [1.807, 2.05) is 0 Å². The van der Waals surface area contributed by atoms with Crippen LogP contribution in [0.4, 0.5) is 4.39 Å². The van der Waals surface area contributed by atoms with Crippen LogP contribution in [0.2, 0.25) is 0 Å². The van der Waals surface area contributed by atoms with Gasteiger partial charge in [0.2, 0.25) is 0 Å². The standard InChI is InChI=1S/C11H14FNO2/c12-8-2-4-10-7(5-8)1-3-11(15-10)9(14)6-13/h2,4-5,9,11,14H,1,3,6,13H2/t9-,11+/m1/s1. The van der Waals surface area contributed by atoms with Gasteiger partial charge < -0.3 is 15.6 Å². The molecule has 15 heavy (non-hydrogen) atoms. The summed E-state index contributed by atoms with van der Waals surface area (Å²) in [6.07, 6.45) is 0.472. The Morgan fingerprint density at radius 3 is 3.13 bits per heavy atom. The first kappa shape index (κ1) is 10.4. The number of hydrogen-bond acceptors (Lipinski definition) is 3. The molecule has 0 radical (unpaired) electrons. The van der Waals surface area contributed by atoms with Gasteiger partial charge in [-0.15, -0.1) is 0 Å². The van der Waals surface area contributed by atoms with E-state index in [4.69, 9.17) is 10.5 Å². The van der Waals surface area contributed by atoms with E-state index < -0.39 is 6.10 Å². The van der Waals surface area contributed by atoms with Gasteiger partial charge in [-0.25, -0.2) is 4.39 Å². The molecule has 3 nitrogen and oxygen atoms in total. The summed E-state index contributed by atoms with van der Waals surface area (Å²) in [6, 6.07) is 4.43. The molecule has 0 aromatic heterocycles. The largest absolute Gasteiger partial charge is 0.487 e. The molecule has 2 atom stereocenters. The van der Waals surface area contributed by atoms with Crippen molar-refractivity contribution in [3.63, 3.8) is 0 Å². The maximum Gasteiger partial charge on any atom is 0.126 e. The fourth-order valence-electron chi connectivity index (χ4n) is 1.80. The fourth-order valence-corrected chi connectivity index (χ4v) is 1.80. The van der Waals surface area contributed by atoms with Gasteiger partial charge >= 0.3 is 0 Å². The Kier molecular flexibility index (Phi) is 2.88. The first-order valence-corrected chi connectivity index (χ1v) is 5.04. The van der Waals surface area contributed by atoms with Gasteiger partial charge in [0.15, 0.2) is 0 Å². The van der Waals surface area contributed by atoms with Crippen LogP contribution in [-0.2, 0) is 6.42 Å². The minimum absolute atomic E-state index is 0.182. The monoisotopic (exact) mass is 211 g/mol. The highest BCUT2D eigenvalue weighted by Crippen LogP contribution is 2.29. The van der Waals surface area contributed by atoms with Crippen molar-refractivity contribution in [1.29, 1.82) is 0 Å². The zero-order valence-electron chi connectivity index (χ0n) is 8.32. The first-order chi connectivity index (χ1) is 7.20. The van der Waals surface area contributed by atoms with Gasteiger partial charge in [-0.1, -0.05) is 0 Å². The van der Waals surface area contributed by atoms with Crippen LogP contribution in [-0.4, -0.2) is 23.9 Å². The van der Waals surface area contributed by atoms with E-state index in [1.54, 1.807) is 6.07 Å². The van der Waals surface area contributed by atoms with Crippen LogP contribution in [0.1, 0.15) is 12.0 Å². The van der Waals surface area contributed by atoms with Crippen molar-refractivity contribution in [2.45, 2.75) is 25.0 Å². The van der Waals surface area contributed by atoms with Gasteiger partial charge in [-0.05, 0) is 36.6 Å². The Balaban J connectivity index is 2.16. The van der Waals surface area contributed by atoms with Crippen LogP contribution in [0.5, 0.6) is 5.75 Å². The SMILES string of the molecule is NC[C@@H](O)[C@@H]1CCc2cc(F)ccc2O1. The number of rotatable bonds is 2. The van der Waals surface area contributed by atoms with E-state index in [2.05, 4.69) is 0 Å².